The molecule has 0 bridgehead atoms. The van der Waals surface area contributed by atoms with Gasteiger partial charge >= 0.3 is 95.2 Å². The van der Waals surface area contributed by atoms with Crippen molar-refractivity contribution in [1.29, 1.82) is 0 Å². The SMILES string of the molecule is C=C1N(C)[C](=[W])N(C)[C](=[W])N1C. The summed E-state index contributed by atoms with van der Waals surface area (Å²) in [6, 6.07) is 0. The van der Waals surface area contributed by atoms with E-state index in [4.69, 9.17) is 0 Å². The summed E-state index contributed by atoms with van der Waals surface area (Å²) in [6.07, 6.45) is 0. The monoisotopic (exact) mass is 505 g/mol. The number of hydrogen-bond donors (Lipinski definition) is 0. The molecule has 0 amide bonds. The molecule has 3 nitrogen and oxygen atoms in total. The van der Waals surface area contributed by atoms with Crippen molar-refractivity contribution in [2.45, 2.75) is 0 Å². The first kappa shape index (κ1) is 10.5. The number of hydrogen-bond acceptors (Lipinski definition) is 3. The Labute approximate surface area is 94.8 Å². The zero-order valence-electron chi connectivity index (χ0n) is 7.37. The molecule has 0 aromatic carbocycles. The summed E-state index contributed by atoms with van der Waals surface area (Å²) in [6.45, 7) is 4.02. The molecular weight excluding hydrogens is 494 g/mol. The molecular formula is C7H11N3W2. The Morgan fingerprint density at radius 3 is 1.58 bits per heavy atom. The van der Waals surface area contributed by atoms with Crippen LogP contribution in [0, 0.1) is 0 Å². The first-order valence-electron chi connectivity index (χ1n) is 3.45. The summed E-state index contributed by atoms with van der Waals surface area (Å²) in [5.74, 6) is 1.06. The van der Waals surface area contributed by atoms with Crippen LogP contribution >= 0.6 is 0 Å². The second kappa shape index (κ2) is 3.65. The Bertz CT molecular complexity index is 201. The molecule has 0 spiro atoms. The van der Waals surface area contributed by atoms with Crippen LogP contribution in [-0.4, -0.2) is 44.1 Å². The van der Waals surface area contributed by atoms with E-state index in [-0.39, 0.29) is 0 Å². The molecule has 12 heavy (non-hydrogen) atoms. The fourth-order valence-corrected chi connectivity index (χ4v) is 3.26. The van der Waals surface area contributed by atoms with Crippen LogP contribution < -0.4 is 0 Å². The van der Waals surface area contributed by atoms with Crippen LogP contribution in [0.4, 0.5) is 0 Å². The van der Waals surface area contributed by atoms with Crippen LogP contribution in [0.3, 0.4) is 0 Å². The predicted molar refractivity (Wildman–Crippen MR) is 42.4 cm³/mol. The van der Waals surface area contributed by atoms with Gasteiger partial charge in [0, 0.05) is 0 Å². The molecule has 1 aliphatic rings. The van der Waals surface area contributed by atoms with Crippen LogP contribution in [0.2, 0.25) is 0 Å². The Morgan fingerprint density at radius 2 is 1.25 bits per heavy atom. The maximum absolute atomic E-state index is 4.02. The summed E-state index contributed by atoms with van der Waals surface area (Å²) in [5, 5.41) is 0. The van der Waals surface area contributed by atoms with Crippen LogP contribution in [0.1, 0.15) is 0 Å². The second-order valence-corrected chi connectivity index (χ2v) is 5.28. The van der Waals surface area contributed by atoms with Crippen molar-refractivity contribution in [3.05, 3.63) is 12.4 Å². The van der Waals surface area contributed by atoms with Gasteiger partial charge in [-0.15, -0.1) is 0 Å². The third kappa shape index (κ3) is 1.55. The molecule has 1 aliphatic heterocycles. The minimum absolute atomic E-state index is 1.06. The molecule has 1 rings (SSSR count). The van der Waals surface area contributed by atoms with Crippen LogP contribution in [-0.2, 0) is 38.7 Å². The van der Waals surface area contributed by atoms with Gasteiger partial charge in [0.2, 0.25) is 0 Å². The van der Waals surface area contributed by atoms with Gasteiger partial charge in [-0.3, -0.25) is 0 Å². The van der Waals surface area contributed by atoms with Gasteiger partial charge in [0.05, 0.1) is 0 Å². The van der Waals surface area contributed by atoms with Gasteiger partial charge in [0.25, 0.3) is 0 Å². The third-order valence-electron chi connectivity index (χ3n) is 1.92. The van der Waals surface area contributed by atoms with Crippen molar-refractivity contribution in [3.63, 3.8) is 0 Å². The summed E-state index contributed by atoms with van der Waals surface area (Å²) in [7, 11) is 6.21. The fraction of sp³-hybridized carbons (Fsp3) is 0.429. The van der Waals surface area contributed by atoms with Gasteiger partial charge in [0.15, 0.2) is 0 Å². The average molecular weight is 505 g/mol. The molecule has 0 aromatic rings. The van der Waals surface area contributed by atoms with E-state index in [2.05, 4.69) is 42.4 Å². The topological polar surface area (TPSA) is 9.72 Å². The first-order chi connectivity index (χ1) is 5.46. The number of nitrogens with zero attached hydrogens (tertiary/aromatic N) is 3. The molecule has 66 valence electrons. The summed E-state index contributed by atoms with van der Waals surface area (Å²) < 4.78 is 2.62. The van der Waals surface area contributed by atoms with Gasteiger partial charge in [0.1, 0.15) is 0 Å². The molecule has 1 saturated heterocycles. The Kier molecular flexibility index (Phi) is 3.19. The van der Waals surface area contributed by atoms with Crippen LogP contribution in [0.5, 0.6) is 0 Å². The van der Waals surface area contributed by atoms with Crippen molar-refractivity contribution < 1.29 is 38.7 Å². The van der Waals surface area contributed by atoms with E-state index in [9.17, 15) is 0 Å². The van der Waals surface area contributed by atoms with Gasteiger partial charge in [-0.25, -0.2) is 0 Å². The zero-order valence-corrected chi connectivity index (χ0v) is 13.2. The Balaban J connectivity index is 2.99. The third-order valence-corrected chi connectivity index (χ3v) is 5.86. The molecule has 1 fully saturated rings. The molecule has 0 unspecified atom stereocenters. The standard InChI is InChI=1S/C7H11N3.2W/c1-7-9(3)5-8(2)6-10(7)4;;/h1H2,2-4H3;;. The van der Waals surface area contributed by atoms with Crippen LogP contribution in [0.25, 0.3) is 0 Å². The molecule has 1 heterocycles. The van der Waals surface area contributed by atoms with Crippen molar-refractivity contribution in [2.75, 3.05) is 21.1 Å². The van der Waals surface area contributed by atoms with Gasteiger partial charge < -0.3 is 0 Å². The quantitative estimate of drug-likeness (QED) is 0.442. The summed E-state index contributed by atoms with van der Waals surface area (Å²) >= 11 is 2.95. The van der Waals surface area contributed by atoms with E-state index in [1.165, 1.54) is 47.0 Å². The Hall–Kier alpha value is 0.417. The minimum atomic E-state index is 1.06. The van der Waals surface area contributed by atoms with E-state index in [1.807, 2.05) is 0 Å². The maximum atomic E-state index is 4.02. The molecule has 5 heteroatoms. The van der Waals surface area contributed by atoms with E-state index in [1.54, 1.807) is 0 Å². The molecule has 0 saturated carbocycles. The average Bonchev–Trinajstić information content (AvgIpc) is 2.08. The molecule has 0 aromatic heterocycles. The van der Waals surface area contributed by atoms with E-state index in [0.717, 1.165) is 5.82 Å². The van der Waals surface area contributed by atoms with Crippen molar-refractivity contribution >= 4 is 8.29 Å². The molecule has 0 atom stereocenters. The van der Waals surface area contributed by atoms with Gasteiger partial charge in [-0.1, -0.05) is 0 Å². The van der Waals surface area contributed by atoms with Crippen LogP contribution in [0.15, 0.2) is 12.4 Å². The van der Waals surface area contributed by atoms with Crippen molar-refractivity contribution in [1.82, 2.24) is 14.7 Å². The van der Waals surface area contributed by atoms with Crippen molar-refractivity contribution in [3.8, 4) is 0 Å². The van der Waals surface area contributed by atoms with Gasteiger partial charge in [-0.2, -0.15) is 0 Å². The summed E-state index contributed by atoms with van der Waals surface area (Å²) in [5.41, 5.74) is 0. The van der Waals surface area contributed by atoms with E-state index < -0.39 is 0 Å². The van der Waals surface area contributed by atoms with E-state index in [0.29, 0.717) is 0 Å². The molecule has 0 N–H and O–H groups in total. The second-order valence-electron chi connectivity index (χ2n) is 2.66. The first-order valence-corrected chi connectivity index (χ1v) is 6.38. The zero-order chi connectivity index (χ0) is 9.46. The normalized spacial score (nSPS) is 20.8. The predicted octanol–water partition coefficient (Wildman–Crippen LogP) is -0.465. The number of rotatable bonds is 0. The summed E-state index contributed by atoms with van der Waals surface area (Å²) in [4.78, 5) is 6.48. The fourth-order valence-electron chi connectivity index (χ4n) is 0.978. The van der Waals surface area contributed by atoms with Crippen molar-refractivity contribution in [2.24, 2.45) is 0 Å². The Morgan fingerprint density at radius 1 is 0.917 bits per heavy atom. The van der Waals surface area contributed by atoms with Gasteiger partial charge in [-0.05, 0) is 0 Å². The molecule has 0 radical (unpaired) electrons. The molecule has 0 aliphatic carbocycles. The van der Waals surface area contributed by atoms with E-state index >= 15 is 0 Å².